The minimum atomic E-state index is -0.780. The molecule has 1 N–H and O–H groups in total. The van der Waals surface area contributed by atoms with E-state index in [9.17, 15) is 14.4 Å². The van der Waals surface area contributed by atoms with Gasteiger partial charge in [-0.05, 0) is 39.5 Å². The lowest BCUT2D eigenvalue weighted by molar-refractivity contribution is -0.154. The molecular formula is C16H27NO5. The Hall–Kier alpha value is -1.59. The van der Waals surface area contributed by atoms with Crippen molar-refractivity contribution in [2.24, 2.45) is 11.3 Å². The summed E-state index contributed by atoms with van der Waals surface area (Å²) in [5.74, 6) is -1.34. The maximum Gasteiger partial charge on any atom is 0.311 e. The third-order valence-corrected chi connectivity index (χ3v) is 4.40. The minimum absolute atomic E-state index is 0.00893. The Labute approximate surface area is 131 Å². The number of carbonyl (C=O) groups is 3. The number of ether oxygens (including phenoxy) is 1. The fourth-order valence-electron chi connectivity index (χ4n) is 2.26. The van der Waals surface area contributed by atoms with Gasteiger partial charge in [0.05, 0.1) is 17.9 Å². The average Bonchev–Trinajstić information content (AvgIpc) is 2.51. The van der Waals surface area contributed by atoms with E-state index in [0.29, 0.717) is 45.2 Å². The number of esters is 1. The number of carboxylic acids is 1. The van der Waals surface area contributed by atoms with Crippen LogP contribution in [0.5, 0.6) is 0 Å². The first-order valence-electron chi connectivity index (χ1n) is 7.95. The van der Waals surface area contributed by atoms with E-state index in [1.165, 1.54) is 0 Å². The van der Waals surface area contributed by atoms with Crippen LogP contribution >= 0.6 is 0 Å². The number of likely N-dealkylation sites (tertiary alicyclic amines) is 1. The highest BCUT2D eigenvalue weighted by atomic mass is 16.5. The van der Waals surface area contributed by atoms with Gasteiger partial charge in [-0.25, -0.2) is 0 Å². The monoisotopic (exact) mass is 313 g/mol. The molecule has 0 aromatic rings. The number of aliphatic carboxylic acids is 1. The number of carbonyl (C=O) groups excluding carboxylic acids is 2. The van der Waals surface area contributed by atoms with Gasteiger partial charge in [-0.3, -0.25) is 14.4 Å². The van der Waals surface area contributed by atoms with Crippen molar-refractivity contribution in [1.82, 2.24) is 4.90 Å². The normalized spacial score (nSPS) is 16.4. The minimum Gasteiger partial charge on any atom is -0.481 e. The van der Waals surface area contributed by atoms with Gasteiger partial charge in [-0.15, -0.1) is 0 Å². The highest BCUT2D eigenvalue weighted by Crippen LogP contribution is 2.22. The topological polar surface area (TPSA) is 83.9 Å². The molecule has 1 saturated heterocycles. The van der Waals surface area contributed by atoms with Crippen molar-refractivity contribution < 1.29 is 24.2 Å². The summed E-state index contributed by atoms with van der Waals surface area (Å²) >= 11 is 0. The number of hydrogen-bond acceptors (Lipinski definition) is 4. The van der Waals surface area contributed by atoms with Crippen LogP contribution in [0.1, 0.15) is 52.9 Å². The van der Waals surface area contributed by atoms with Crippen LogP contribution in [-0.4, -0.2) is 47.5 Å². The summed E-state index contributed by atoms with van der Waals surface area (Å²) in [7, 11) is 0. The van der Waals surface area contributed by atoms with Crippen molar-refractivity contribution in [3.8, 4) is 0 Å². The molecule has 126 valence electrons. The molecule has 6 heteroatoms. The van der Waals surface area contributed by atoms with Gasteiger partial charge in [0.2, 0.25) is 5.91 Å². The average molecular weight is 313 g/mol. The van der Waals surface area contributed by atoms with Gasteiger partial charge >= 0.3 is 11.9 Å². The van der Waals surface area contributed by atoms with E-state index < -0.39 is 11.4 Å². The van der Waals surface area contributed by atoms with E-state index in [4.69, 9.17) is 9.84 Å². The lowest BCUT2D eigenvalue weighted by Crippen LogP contribution is -2.40. The fraction of sp³-hybridized carbons (Fsp3) is 0.812. The van der Waals surface area contributed by atoms with E-state index in [0.717, 1.165) is 0 Å². The molecule has 0 radical (unpaired) electrons. The molecule has 1 amide bonds. The Morgan fingerprint density at radius 3 is 2.32 bits per heavy atom. The molecule has 1 aliphatic heterocycles. The van der Waals surface area contributed by atoms with Crippen LogP contribution in [0.25, 0.3) is 0 Å². The van der Waals surface area contributed by atoms with Gasteiger partial charge in [0.25, 0.3) is 0 Å². The lowest BCUT2D eigenvalue weighted by atomic mass is 9.91. The predicted molar refractivity (Wildman–Crippen MR) is 81.2 cm³/mol. The molecule has 0 bridgehead atoms. The zero-order chi connectivity index (χ0) is 16.8. The molecule has 0 aromatic carbocycles. The standard InChI is InChI=1S/C16H27NO5/c1-4-16(2,3)15(21)22-11-5-6-13(18)17-9-7-12(8-10-17)14(19)20/h12H,4-11H2,1-3H3,(H,19,20). The van der Waals surface area contributed by atoms with Gasteiger partial charge in [-0.1, -0.05) is 6.92 Å². The Morgan fingerprint density at radius 1 is 1.23 bits per heavy atom. The Bertz CT molecular complexity index is 411. The van der Waals surface area contributed by atoms with E-state index >= 15 is 0 Å². The lowest BCUT2D eigenvalue weighted by Gasteiger charge is -2.30. The second kappa shape index (κ2) is 8.15. The quantitative estimate of drug-likeness (QED) is 0.574. The molecule has 1 rings (SSSR count). The first-order chi connectivity index (χ1) is 10.3. The van der Waals surface area contributed by atoms with Crippen molar-refractivity contribution in [1.29, 1.82) is 0 Å². The van der Waals surface area contributed by atoms with E-state index in [2.05, 4.69) is 0 Å². The molecule has 0 unspecified atom stereocenters. The number of rotatable bonds is 7. The van der Waals surface area contributed by atoms with E-state index in [1.54, 1.807) is 4.90 Å². The number of carboxylic acid groups (broad SMARTS) is 1. The second-order valence-corrected chi connectivity index (χ2v) is 6.47. The van der Waals surface area contributed by atoms with Crippen LogP contribution in [0.3, 0.4) is 0 Å². The molecule has 1 heterocycles. The number of amides is 1. The van der Waals surface area contributed by atoms with Crippen LogP contribution in [0.4, 0.5) is 0 Å². The third kappa shape index (κ3) is 5.31. The van der Waals surface area contributed by atoms with Crippen LogP contribution in [-0.2, 0) is 19.1 Å². The van der Waals surface area contributed by atoms with Gasteiger partial charge in [0.15, 0.2) is 0 Å². The predicted octanol–water partition coefficient (Wildman–Crippen LogP) is 2.07. The number of nitrogens with zero attached hydrogens (tertiary/aromatic N) is 1. The fourth-order valence-corrected chi connectivity index (χ4v) is 2.26. The maximum atomic E-state index is 12.0. The summed E-state index contributed by atoms with van der Waals surface area (Å²) in [5.41, 5.74) is -0.483. The summed E-state index contributed by atoms with van der Waals surface area (Å²) in [6.07, 6.45) is 2.57. The van der Waals surface area contributed by atoms with Crippen molar-refractivity contribution in [3.05, 3.63) is 0 Å². The summed E-state index contributed by atoms with van der Waals surface area (Å²) in [4.78, 5) is 36.3. The zero-order valence-electron chi connectivity index (χ0n) is 13.8. The molecule has 0 spiro atoms. The zero-order valence-corrected chi connectivity index (χ0v) is 13.8. The first-order valence-corrected chi connectivity index (χ1v) is 7.95. The first kappa shape index (κ1) is 18.5. The Morgan fingerprint density at radius 2 is 1.82 bits per heavy atom. The SMILES string of the molecule is CCC(C)(C)C(=O)OCCCC(=O)N1CCC(C(=O)O)CC1. The maximum absolute atomic E-state index is 12.0. The smallest absolute Gasteiger partial charge is 0.311 e. The van der Waals surface area contributed by atoms with Gasteiger partial charge in [0.1, 0.15) is 0 Å². The summed E-state index contributed by atoms with van der Waals surface area (Å²) in [5, 5.41) is 8.92. The van der Waals surface area contributed by atoms with Gasteiger partial charge in [0, 0.05) is 19.5 Å². The molecule has 0 aliphatic carbocycles. The van der Waals surface area contributed by atoms with Crippen molar-refractivity contribution in [2.45, 2.75) is 52.9 Å². The Balaban J connectivity index is 2.22. The number of hydrogen-bond donors (Lipinski definition) is 1. The number of piperidine rings is 1. The molecule has 0 aromatic heterocycles. The molecular weight excluding hydrogens is 286 g/mol. The molecule has 6 nitrogen and oxygen atoms in total. The van der Waals surface area contributed by atoms with Crippen molar-refractivity contribution in [3.63, 3.8) is 0 Å². The van der Waals surface area contributed by atoms with Crippen LogP contribution in [0, 0.1) is 11.3 Å². The van der Waals surface area contributed by atoms with Crippen LogP contribution < -0.4 is 0 Å². The summed E-state index contributed by atoms with van der Waals surface area (Å²) in [6.45, 7) is 6.86. The summed E-state index contributed by atoms with van der Waals surface area (Å²) in [6, 6.07) is 0. The Kier molecular flexibility index (Phi) is 6.84. The second-order valence-electron chi connectivity index (χ2n) is 6.47. The van der Waals surface area contributed by atoms with E-state index in [1.807, 2.05) is 20.8 Å². The van der Waals surface area contributed by atoms with E-state index in [-0.39, 0.29) is 24.4 Å². The largest absolute Gasteiger partial charge is 0.481 e. The highest BCUT2D eigenvalue weighted by Gasteiger charge is 2.28. The third-order valence-electron chi connectivity index (χ3n) is 4.40. The van der Waals surface area contributed by atoms with Crippen molar-refractivity contribution in [2.75, 3.05) is 19.7 Å². The van der Waals surface area contributed by atoms with Crippen molar-refractivity contribution >= 4 is 17.8 Å². The van der Waals surface area contributed by atoms with Crippen LogP contribution in [0.15, 0.2) is 0 Å². The molecule has 0 atom stereocenters. The molecule has 1 fully saturated rings. The van der Waals surface area contributed by atoms with Gasteiger partial charge in [-0.2, -0.15) is 0 Å². The van der Waals surface area contributed by atoms with Crippen LogP contribution in [0.2, 0.25) is 0 Å². The molecule has 1 aliphatic rings. The molecule has 0 saturated carbocycles. The highest BCUT2D eigenvalue weighted by molar-refractivity contribution is 5.77. The summed E-state index contributed by atoms with van der Waals surface area (Å²) < 4.78 is 5.20. The van der Waals surface area contributed by atoms with Gasteiger partial charge < -0.3 is 14.7 Å². The molecule has 22 heavy (non-hydrogen) atoms.